The van der Waals surface area contributed by atoms with Gasteiger partial charge in [-0.05, 0) is 64.3 Å². The molecule has 0 saturated carbocycles. The van der Waals surface area contributed by atoms with Gasteiger partial charge in [0.05, 0.1) is 4.47 Å². The Kier molecular flexibility index (Phi) is 5.25. The van der Waals surface area contributed by atoms with Crippen molar-refractivity contribution >= 4 is 15.9 Å². The Morgan fingerprint density at radius 3 is 2.19 bits per heavy atom. The monoisotopic (exact) mass is 359 g/mol. The van der Waals surface area contributed by atoms with Crippen molar-refractivity contribution in [3.8, 4) is 5.75 Å². The molecule has 0 fully saturated rings. The van der Waals surface area contributed by atoms with Gasteiger partial charge in [-0.1, -0.05) is 6.07 Å². The van der Waals surface area contributed by atoms with Crippen LogP contribution in [0.5, 0.6) is 5.75 Å². The fourth-order valence-electron chi connectivity index (χ4n) is 1.85. The normalized spacial score (nSPS) is 10.7. The first kappa shape index (κ1) is 15.9. The summed E-state index contributed by atoms with van der Waals surface area (Å²) in [6.45, 7) is 0.242. The highest BCUT2D eigenvalue weighted by atomic mass is 79.9. The van der Waals surface area contributed by atoms with Gasteiger partial charge < -0.3 is 10.5 Å². The number of benzene rings is 2. The average Bonchev–Trinajstić information content (AvgIpc) is 2.42. The van der Waals surface area contributed by atoms with Crippen LogP contribution in [0.4, 0.5) is 13.2 Å². The molecule has 0 unspecified atom stereocenters. The van der Waals surface area contributed by atoms with E-state index in [9.17, 15) is 13.2 Å². The third-order valence-corrected chi connectivity index (χ3v) is 3.47. The standard InChI is InChI=1S/C15H13BrF3NO/c16-11-5-10(1-2-12(11)17)8-21-15-13(18)6-9(3-4-20)7-14(15)19/h1-2,5-7H,3-4,8,20H2. The van der Waals surface area contributed by atoms with Gasteiger partial charge in [0.25, 0.3) is 0 Å². The van der Waals surface area contributed by atoms with Gasteiger partial charge in [-0.15, -0.1) is 0 Å². The number of halogens is 4. The Morgan fingerprint density at radius 2 is 1.62 bits per heavy atom. The van der Waals surface area contributed by atoms with E-state index in [4.69, 9.17) is 10.5 Å². The van der Waals surface area contributed by atoms with Crippen LogP contribution in [-0.4, -0.2) is 6.54 Å². The van der Waals surface area contributed by atoms with Crippen LogP contribution in [0.2, 0.25) is 0 Å². The summed E-state index contributed by atoms with van der Waals surface area (Å²) in [6.07, 6.45) is 0.388. The maximum atomic E-state index is 13.8. The van der Waals surface area contributed by atoms with Crippen molar-refractivity contribution in [1.82, 2.24) is 0 Å². The highest BCUT2D eigenvalue weighted by Gasteiger charge is 2.13. The maximum Gasteiger partial charge on any atom is 0.191 e. The first-order chi connectivity index (χ1) is 10.0. The number of nitrogens with two attached hydrogens (primary N) is 1. The number of ether oxygens (including phenoxy) is 1. The Labute approximate surface area is 128 Å². The van der Waals surface area contributed by atoms with Crippen molar-refractivity contribution < 1.29 is 17.9 Å². The van der Waals surface area contributed by atoms with E-state index in [2.05, 4.69) is 15.9 Å². The molecule has 2 rings (SSSR count). The molecule has 2 aromatic carbocycles. The van der Waals surface area contributed by atoms with Crippen LogP contribution in [0, 0.1) is 17.5 Å². The van der Waals surface area contributed by atoms with E-state index in [0.29, 0.717) is 24.1 Å². The van der Waals surface area contributed by atoms with Crippen molar-refractivity contribution in [2.75, 3.05) is 6.54 Å². The van der Waals surface area contributed by atoms with E-state index in [1.165, 1.54) is 30.3 Å². The molecule has 0 aliphatic carbocycles. The van der Waals surface area contributed by atoms with Crippen molar-refractivity contribution in [1.29, 1.82) is 0 Å². The molecule has 2 aromatic rings. The van der Waals surface area contributed by atoms with Crippen LogP contribution in [-0.2, 0) is 13.0 Å². The Hall–Kier alpha value is -1.53. The molecule has 0 amide bonds. The van der Waals surface area contributed by atoms with E-state index in [1.807, 2.05) is 0 Å². The van der Waals surface area contributed by atoms with Gasteiger partial charge in [0.2, 0.25) is 0 Å². The smallest absolute Gasteiger partial charge is 0.191 e. The highest BCUT2D eigenvalue weighted by Crippen LogP contribution is 2.25. The van der Waals surface area contributed by atoms with Crippen LogP contribution in [0.15, 0.2) is 34.8 Å². The average molecular weight is 360 g/mol. The molecular formula is C15H13BrF3NO. The quantitative estimate of drug-likeness (QED) is 0.877. The minimum absolute atomic E-state index is 0.0665. The third-order valence-electron chi connectivity index (χ3n) is 2.86. The lowest BCUT2D eigenvalue weighted by Gasteiger charge is -2.10. The lowest BCUT2D eigenvalue weighted by atomic mass is 10.1. The molecule has 0 bridgehead atoms. The van der Waals surface area contributed by atoms with Gasteiger partial charge in [0.1, 0.15) is 12.4 Å². The van der Waals surface area contributed by atoms with Gasteiger partial charge >= 0.3 is 0 Å². The first-order valence-electron chi connectivity index (χ1n) is 6.26. The highest BCUT2D eigenvalue weighted by molar-refractivity contribution is 9.10. The molecule has 0 atom stereocenters. The van der Waals surface area contributed by atoms with Crippen LogP contribution in [0.1, 0.15) is 11.1 Å². The third kappa shape index (κ3) is 3.98. The first-order valence-corrected chi connectivity index (χ1v) is 7.05. The van der Waals surface area contributed by atoms with Crippen LogP contribution in [0.3, 0.4) is 0 Å². The number of rotatable bonds is 5. The summed E-state index contributed by atoms with van der Waals surface area (Å²) in [5.74, 6) is -2.42. The predicted molar refractivity (Wildman–Crippen MR) is 77.5 cm³/mol. The molecule has 0 radical (unpaired) electrons. The SMILES string of the molecule is NCCc1cc(F)c(OCc2ccc(F)c(Br)c2)c(F)c1. The van der Waals surface area contributed by atoms with E-state index in [-0.39, 0.29) is 11.1 Å². The Balaban J connectivity index is 2.14. The van der Waals surface area contributed by atoms with Crippen LogP contribution < -0.4 is 10.5 Å². The molecule has 112 valence electrons. The maximum absolute atomic E-state index is 13.8. The zero-order valence-corrected chi connectivity index (χ0v) is 12.6. The summed E-state index contributed by atoms with van der Waals surface area (Å²) in [7, 11) is 0. The molecule has 2 N–H and O–H groups in total. The van der Waals surface area contributed by atoms with Crippen molar-refractivity contribution in [3.63, 3.8) is 0 Å². The summed E-state index contributed by atoms with van der Waals surface area (Å²) >= 11 is 3.04. The zero-order chi connectivity index (χ0) is 15.4. The van der Waals surface area contributed by atoms with Gasteiger partial charge in [-0.2, -0.15) is 0 Å². The van der Waals surface area contributed by atoms with Crippen molar-refractivity contribution in [2.45, 2.75) is 13.0 Å². The van der Waals surface area contributed by atoms with Gasteiger partial charge in [-0.3, -0.25) is 0 Å². The molecule has 6 heteroatoms. The molecule has 0 spiro atoms. The fourth-order valence-corrected chi connectivity index (χ4v) is 2.27. The van der Waals surface area contributed by atoms with Gasteiger partial charge in [0.15, 0.2) is 17.4 Å². The predicted octanol–water partition coefficient (Wildman–Crippen LogP) is 3.95. The van der Waals surface area contributed by atoms with E-state index in [0.717, 1.165) is 0 Å². The summed E-state index contributed by atoms with van der Waals surface area (Å²) in [5.41, 5.74) is 6.42. The Bertz CT molecular complexity index is 626. The largest absolute Gasteiger partial charge is 0.483 e. The topological polar surface area (TPSA) is 35.2 Å². The second-order valence-electron chi connectivity index (χ2n) is 4.46. The zero-order valence-electron chi connectivity index (χ0n) is 11.0. The summed E-state index contributed by atoms with van der Waals surface area (Å²) < 4.78 is 46.1. The van der Waals surface area contributed by atoms with Gasteiger partial charge in [0, 0.05) is 0 Å². The molecule has 0 aliphatic heterocycles. The van der Waals surface area contributed by atoms with Crippen LogP contribution in [0.25, 0.3) is 0 Å². The van der Waals surface area contributed by atoms with E-state index >= 15 is 0 Å². The minimum Gasteiger partial charge on any atom is -0.483 e. The molecule has 0 aliphatic rings. The minimum atomic E-state index is -0.778. The fraction of sp³-hybridized carbons (Fsp3) is 0.200. The molecule has 21 heavy (non-hydrogen) atoms. The molecule has 0 heterocycles. The van der Waals surface area contributed by atoms with Gasteiger partial charge in [-0.25, -0.2) is 13.2 Å². The van der Waals surface area contributed by atoms with Crippen molar-refractivity contribution in [3.05, 3.63) is 63.4 Å². The second kappa shape index (κ2) is 6.95. The second-order valence-corrected chi connectivity index (χ2v) is 5.32. The summed E-state index contributed by atoms with van der Waals surface area (Å²) in [5, 5.41) is 0. The van der Waals surface area contributed by atoms with E-state index < -0.39 is 23.2 Å². The molecule has 0 aromatic heterocycles. The Morgan fingerprint density at radius 1 is 0.952 bits per heavy atom. The van der Waals surface area contributed by atoms with E-state index in [1.54, 1.807) is 0 Å². The van der Waals surface area contributed by atoms with Crippen molar-refractivity contribution in [2.24, 2.45) is 5.73 Å². The lowest BCUT2D eigenvalue weighted by Crippen LogP contribution is -2.05. The lowest BCUT2D eigenvalue weighted by molar-refractivity contribution is 0.273. The molecule has 0 saturated heterocycles. The molecule has 2 nitrogen and oxygen atoms in total. The molecular weight excluding hydrogens is 347 g/mol. The van der Waals surface area contributed by atoms with Crippen LogP contribution >= 0.6 is 15.9 Å². The summed E-state index contributed by atoms with van der Waals surface area (Å²) in [4.78, 5) is 0. The summed E-state index contributed by atoms with van der Waals surface area (Å²) in [6, 6.07) is 6.63. The number of hydrogen-bond donors (Lipinski definition) is 1. The number of hydrogen-bond acceptors (Lipinski definition) is 2.